The van der Waals surface area contributed by atoms with E-state index in [2.05, 4.69) is 33.2 Å². The Balaban J connectivity index is 1.63. The van der Waals surface area contributed by atoms with E-state index < -0.39 is 6.04 Å². The summed E-state index contributed by atoms with van der Waals surface area (Å²) >= 11 is 0. The summed E-state index contributed by atoms with van der Waals surface area (Å²) in [5.74, 6) is -0.328. The summed E-state index contributed by atoms with van der Waals surface area (Å²) in [5, 5.41) is 15.5. The molecule has 2 aromatic carbocycles. The van der Waals surface area contributed by atoms with Crippen molar-refractivity contribution in [3.05, 3.63) is 83.9 Å². The zero-order valence-electron chi connectivity index (χ0n) is 17.1. The van der Waals surface area contributed by atoms with Crippen LogP contribution in [0, 0.1) is 11.3 Å². The van der Waals surface area contributed by atoms with Crippen molar-refractivity contribution in [2.24, 2.45) is 0 Å². The smallest absolute Gasteiger partial charge is 0.329 e. The topological polar surface area (TPSA) is 92.0 Å². The van der Waals surface area contributed by atoms with E-state index in [-0.39, 0.29) is 12.0 Å². The minimum absolute atomic E-state index is 0.0656. The number of nitriles is 1. The van der Waals surface area contributed by atoms with Gasteiger partial charge in [-0.2, -0.15) is 5.26 Å². The average Bonchev–Trinajstić information content (AvgIpc) is 3.26. The Kier molecular flexibility index (Phi) is 7.19. The first-order valence-corrected chi connectivity index (χ1v) is 9.73. The van der Waals surface area contributed by atoms with Crippen LogP contribution in [0.25, 0.3) is 0 Å². The highest BCUT2D eigenvalue weighted by molar-refractivity contribution is 5.79. The summed E-state index contributed by atoms with van der Waals surface area (Å²) < 4.78 is 7.00. The number of aromatic nitrogens is 2. The number of carbonyl (C=O) groups excluding carboxylic acids is 1. The molecule has 1 aromatic heterocycles. The van der Waals surface area contributed by atoms with Crippen LogP contribution in [-0.4, -0.2) is 35.2 Å². The van der Waals surface area contributed by atoms with Crippen LogP contribution >= 0.6 is 0 Å². The molecule has 0 saturated heterocycles. The molecule has 0 aliphatic rings. The molecule has 2 unspecified atom stereocenters. The summed E-state index contributed by atoms with van der Waals surface area (Å²) in [6.45, 7) is 3.03. The van der Waals surface area contributed by atoms with Gasteiger partial charge in [-0.05, 0) is 36.8 Å². The second-order valence-electron chi connectivity index (χ2n) is 6.92. The molecule has 0 amide bonds. The van der Waals surface area contributed by atoms with E-state index in [1.54, 1.807) is 6.33 Å². The van der Waals surface area contributed by atoms with Crippen LogP contribution in [0.3, 0.4) is 0 Å². The highest BCUT2D eigenvalue weighted by atomic mass is 16.5. The molecule has 154 valence electrons. The van der Waals surface area contributed by atoms with Crippen LogP contribution in [0.1, 0.15) is 29.8 Å². The zero-order valence-corrected chi connectivity index (χ0v) is 17.1. The largest absolute Gasteiger partial charge is 0.467 e. The van der Waals surface area contributed by atoms with Gasteiger partial charge in [0.15, 0.2) is 0 Å². The molecule has 2 atom stereocenters. The number of nitrogens with one attached hydrogen (secondary N) is 2. The second-order valence-corrected chi connectivity index (χ2v) is 6.92. The molecular formula is C23H25N5O2. The molecule has 1 heterocycles. The minimum atomic E-state index is -0.510. The third-order valence-corrected chi connectivity index (χ3v) is 4.94. The Morgan fingerprint density at radius 2 is 1.93 bits per heavy atom. The van der Waals surface area contributed by atoms with Crippen molar-refractivity contribution in [1.82, 2.24) is 14.9 Å². The molecule has 0 saturated carbocycles. The van der Waals surface area contributed by atoms with Gasteiger partial charge in [0.2, 0.25) is 0 Å². The Morgan fingerprint density at radius 3 is 2.60 bits per heavy atom. The van der Waals surface area contributed by atoms with Gasteiger partial charge in [0.25, 0.3) is 0 Å². The fourth-order valence-electron chi connectivity index (χ4n) is 3.23. The van der Waals surface area contributed by atoms with Crippen LogP contribution in [0.5, 0.6) is 0 Å². The van der Waals surface area contributed by atoms with E-state index in [0.29, 0.717) is 18.7 Å². The molecule has 0 fully saturated rings. The van der Waals surface area contributed by atoms with Gasteiger partial charge in [0.05, 0.1) is 36.8 Å². The van der Waals surface area contributed by atoms with Crippen molar-refractivity contribution in [3.8, 4) is 6.07 Å². The minimum Gasteiger partial charge on any atom is -0.467 e. The monoisotopic (exact) mass is 403 g/mol. The number of esters is 1. The number of imidazole rings is 1. The van der Waals surface area contributed by atoms with Gasteiger partial charge in [-0.25, -0.2) is 9.78 Å². The molecule has 0 radical (unpaired) electrons. The maximum Gasteiger partial charge on any atom is 0.329 e. The standard InChI is InChI=1S/C23H25N5O2/c1-17(19-10-8-18(12-24)9-11-19)28-16-26-14-21(28)13-25-15-22(23(29)30-2)27-20-6-4-3-5-7-20/h3-11,14,16-17,22,25,27H,13,15H2,1-2H3. The first-order chi connectivity index (χ1) is 14.6. The van der Waals surface area contributed by atoms with Crippen LogP contribution in [0.15, 0.2) is 67.1 Å². The molecule has 0 spiro atoms. The number of methoxy groups -OCH3 is 1. The number of hydrogen-bond donors (Lipinski definition) is 2. The number of benzene rings is 2. The molecular weight excluding hydrogens is 378 g/mol. The summed E-state index contributed by atoms with van der Waals surface area (Å²) in [5.41, 5.74) is 3.58. The summed E-state index contributed by atoms with van der Waals surface area (Å²) in [4.78, 5) is 16.4. The maximum atomic E-state index is 12.2. The lowest BCUT2D eigenvalue weighted by Gasteiger charge is -2.20. The summed E-state index contributed by atoms with van der Waals surface area (Å²) in [6.07, 6.45) is 3.60. The van der Waals surface area contributed by atoms with Gasteiger partial charge in [-0.1, -0.05) is 30.3 Å². The van der Waals surface area contributed by atoms with Crippen LogP contribution in [0.4, 0.5) is 5.69 Å². The average molecular weight is 403 g/mol. The first kappa shape index (κ1) is 21.1. The van der Waals surface area contributed by atoms with E-state index in [4.69, 9.17) is 10.00 Å². The van der Waals surface area contributed by atoms with Gasteiger partial charge in [-0.3, -0.25) is 0 Å². The summed E-state index contributed by atoms with van der Waals surface area (Å²) in [6, 6.07) is 18.8. The van der Waals surface area contributed by atoms with E-state index in [1.165, 1.54) is 7.11 Å². The molecule has 30 heavy (non-hydrogen) atoms. The number of hydrogen-bond acceptors (Lipinski definition) is 6. The van der Waals surface area contributed by atoms with Crippen LogP contribution < -0.4 is 10.6 Å². The highest BCUT2D eigenvalue weighted by Crippen LogP contribution is 2.20. The fourth-order valence-corrected chi connectivity index (χ4v) is 3.23. The van der Waals surface area contributed by atoms with E-state index in [0.717, 1.165) is 16.9 Å². The number of nitrogens with zero attached hydrogens (tertiary/aromatic N) is 3. The third-order valence-electron chi connectivity index (χ3n) is 4.94. The van der Waals surface area contributed by atoms with Gasteiger partial charge in [0.1, 0.15) is 6.04 Å². The molecule has 0 aliphatic carbocycles. The Labute approximate surface area is 176 Å². The molecule has 0 bridgehead atoms. The van der Waals surface area contributed by atoms with E-state index in [9.17, 15) is 4.79 Å². The normalized spacial score (nSPS) is 12.6. The molecule has 2 N–H and O–H groups in total. The van der Waals surface area contributed by atoms with Gasteiger partial charge >= 0.3 is 5.97 Å². The third kappa shape index (κ3) is 5.25. The fraction of sp³-hybridized carbons (Fsp3) is 0.261. The molecule has 7 heteroatoms. The number of para-hydroxylation sites is 1. The SMILES string of the molecule is COC(=O)C(CNCc1cncn1C(C)c1ccc(C#N)cc1)Nc1ccccc1. The van der Waals surface area contributed by atoms with Crippen molar-refractivity contribution in [3.63, 3.8) is 0 Å². The molecule has 3 aromatic rings. The number of ether oxygens (including phenoxy) is 1. The predicted molar refractivity (Wildman–Crippen MR) is 115 cm³/mol. The first-order valence-electron chi connectivity index (χ1n) is 9.73. The van der Waals surface area contributed by atoms with Crippen molar-refractivity contribution in [2.45, 2.75) is 25.6 Å². The lowest BCUT2D eigenvalue weighted by molar-refractivity contribution is -0.141. The van der Waals surface area contributed by atoms with Gasteiger partial charge in [0, 0.05) is 25.0 Å². The van der Waals surface area contributed by atoms with Crippen molar-refractivity contribution >= 4 is 11.7 Å². The lowest BCUT2D eigenvalue weighted by atomic mass is 10.1. The molecule has 3 rings (SSSR count). The maximum absolute atomic E-state index is 12.2. The van der Waals surface area contributed by atoms with Crippen molar-refractivity contribution in [1.29, 1.82) is 5.26 Å². The molecule has 0 aliphatic heterocycles. The lowest BCUT2D eigenvalue weighted by Crippen LogP contribution is -2.40. The second kappa shape index (κ2) is 10.2. The number of rotatable bonds is 9. The zero-order chi connectivity index (χ0) is 21.3. The van der Waals surface area contributed by atoms with E-state index in [1.807, 2.05) is 60.8 Å². The number of carbonyl (C=O) groups is 1. The van der Waals surface area contributed by atoms with Gasteiger partial charge < -0.3 is 19.9 Å². The van der Waals surface area contributed by atoms with Crippen LogP contribution in [0.2, 0.25) is 0 Å². The quantitative estimate of drug-likeness (QED) is 0.534. The predicted octanol–water partition coefficient (Wildman–Crippen LogP) is 3.11. The summed E-state index contributed by atoms with van der Waals surface area (Å²) in [7, 11) is 1.39. The Morgan fingerprint density at radius 1 is 1.20 bits per heavy atom. The molecule has 7 nitrogen and oxygen atoms in total. The Hall–Kier alpha value is -3.63. The highest BCUT2D eigenvalue weighted by Gasteiger charge is 2.19. The van der Waals surface area contributed by atoms with Crippen LogP contribution in [-0.2, 0) is 16.1 Å². The van der Waals surface area contributed by atoms with Crippen molar-refractivity contribution in [2.75, 3.05) is 19.0 Å². The van der Waals surface area contributed by atoms with Crippen molar-refractivity contribution < 1.29 is 9.53 Å². The van der Waals surface area contributed by atoms with Gasteiger partial charge in [-0.15, -0.1) is 0 Å². The number of anilines is 1. The Bertz CT molecular complexity index is 992. The van der Waals surface area contributed by atoms with E-state index >= 15 is 0 Å².